The largest absolute Gasteiger partial charge is 0.357 e. The Kier molecular flexibility index (Phi) is 8.01. The molecule has 194 valence electrons. The molecule has 3 rings (SSSR count). The molecule has 0 radical (unpaired) electrons. The van der Waals surface area contributed by atoms with Crippen LogP contribution in [0.25, 0.3) is 0 Å². The number of rotatable bonds is 8. The van der Waals surface area contributed by atoms with Crippen molar-refractivity contribution in [3.63, 3.8) is 0 Å². The summed E-state index contributed by atoms with van der Waals surface area (Å²) in [5.74, 6) is -1.45. The van der Waals surface area contributed by atoms with Crippen LogP contribution in [0.15, 0.2) is 47.4 Å². The quantitative estimate of drug-likeness (QED) is 0.348. The highest BCUT2D eigenvalue weighted by Gasteiger charge is 2.34. The number of hydrogen-bond acceptors (Lipinski definition) is 7. The van der Waals surface area contributed by atoms with Gasteiger partial charge in [0, 0.05) is 33.4 Å². The molecule has 0 saturated carbocycles. The van der Waals surface area contributed by atoms with E-state index in [2.05, 4.69) is 5.32 Å². The van der Waals surface area contributed by atoms with Crippen molar-refractivity contribution in [3.05, 3.63) is 59.2 Å². The minimum Gasteiger partial charge on any atom is -0.357 e. The number of carbonyl (C=O) groups is 3. The molecular weight excluding hydrogens is 512 g/mol. The zero-order valence-electron chi connectivity index (χ0n) is 19.5. The van der Waals surface area contributed by atoms with E-state index in [9.17, 15) is 31.2 Å². The number of sulfonamides is 1. The third kappa shape index (κ3) is 6.80. The van der Waals surface area contributed by atoms with Crippen molar-refractivity contribution >= 4 is 43.7 Å². The zero-order valence-corrected chi connectivity index (χ0v) is 21.1. The second-order valence-electron chi connectivity index (χ2n) is 8.23. The number of hydrogen-bond donors (Lipinski definition) is 4. The number of likely N-dealkylation sites (N-methyl/N-ethyl adjacent to an activating group) is 1. The van der Waals surface area contributed by atoms with Gasteiger partial charge in [0.15, 0.2) is 0 Å². The molecule has 0 aliphatic carbocycles. The van der Waals surface area contributed by atoms with Gasteiger partial charge in [0.1, 0.15) is 6.04 Å². The van der Waals surface area contributed by atoms with Crippen molar-refractivity contribution in [1.82, 2.24) is 14.9 Å². The van der Waals surface area contributed by atoms with Crippen LogP contribution in [0.4, 0.5) is 5.69 Å². The first-order valence-corrected chi connectivity index (χ1v) is 13.7. The summed E-state index contributed by atoms with van der Waals surface area (Å²) in [6.45, 7) is 1.12. The molecule has 1 heterocycles. The van der Waals surface area contributed by atoms with Gasteiger partial charge in [-0.05, 0) is 47.4 Å². The Hall–Kier alpha value is -3.49. The van der Waals surface area contributed by atoms with Gasteiger partial charge in [-0.15, -0.1) is 0 Å². The number of nitrogens with zero attached hydrogens (tertiary/aromatic N) is 1. The maximum absolute atomic E-state index is 13.2. The summed E-state index contributed by atoms with van der Waals surface area (Å²) in [5.41, 5.74) is 2.02. The van der Waals surface area contributed by atoms with E-state index in [0.29, 0.717) is 11.1 Å². The summed E-state index contributed by atoms with van der Waals surface area (Å²) in [7, 11) is -7.05. The number of nitrogens with one attached hydrogen (secondary N) is 3. The summed E-state index contributed by atoms with van der Waals surface area (Å²) in [4.78, 5) is 38.2. The molecule has 2 aromatic carbocycles. The Labute approximate surface area is 209 Å². The van der Waals surface area contributed by atoms with E-state index in [1.165, 1.54) is 42.3 Å². The molecule has 0 bridgehead atoms. The summed E-state index contributed by atoms with van der Waals surface area (Å²) in [5, 5.41) is 2.55. The Morgan fingerprint density at radius 1 is 1.06 bits per heavy atom. The fourth-order valence-corrected chi connectivity index (χ4v) is 5.46. The van der Waals surface area contributed by atoms with Crippen molar-refractivity contribution in [3.8, 4) is 0 Å². The van der Waals surface area contributed by atoms with Crippen LogP contribution < -0.4 is 14.8 Å². The normalized spacial score (nSPS) is 15.5. The predicted octanol–water partition coefficient (Wildman–Crippen LogP) is 0.358. The summed E-state index contributed by atoms with van der Waals surface area (Å²) in [6.07, 6.45) is 0.350. The van der Waals surface area contributed by atoms with E-state index in [-0.39, 0.29) is 48.2 Å². The van der Waals surface area contributed by atoms with Gasteiger partial charge < -0.3 is 10.2 Å². The van der Waals surface area contributed by atoms with Crippen LogP contribution >= 0.6 is 0 Å². The SMILES string of the molecule is CNC(=O)[C@@H]1Cc2ccc(NS(=O)(=O)O)cc2CN1C(=O)CCc1cccc(S(=O)(=O)NC(C)=O)c1. The number of benzene rings is 2. The van der Waals surface area contributed by atoms with Crippen LogP contribution in [0.2, 0.25) is 0 Å². The molecule has 0 fully saturated rings. The van der Waals surface area contributed by atoms with Crippen molar-refractivity contribution in [2.45, 2.75) is 43.7 Å². The van der Waals surface area contributed by atoms with Gasteiger partial charge >= 0.3 is 10.3 Å². The molecule has 0 spiro atoms. The highest BCUT2D eigenvalue weighted by molar-refractivity contribution is 7.90. The number of anilines is 1. The highest BCUT2D eigenvalue weighted by atomic mass is 32.2. The van der Waals surface area contributed by atoms with Gasteiger partial charge in [-0.3, -0.25) is 23.7 Å². The molecule has 3 amide bonds. The lowest BCUT2D eigenvalue weighted by Crippen LogP contribution is -2.52. The van der Waals surface area contributed by atoms with Crippen LogP contribution in [-0.2, 0) is 54.1 Å². The van der Waals surface area contributed by atoms with Gasteiger partial charge in [0.25, 0.3) is 10.0 Å². The van der Waals surface area contributed by atoms with Crippen LogP contribution in [0, 0.1) is 0 Å². The summed E-state index contributed by atoms with van der Waals surface area (Å²) >= 11 is 0. The predicted molar refractivity (Wildman–Crippen MR) is 129 cm³/mol. The van der Waals surface area contributed by atoms with Crippen molar-refractivity contribution < 1.29 is 35.8 Å². The van der Waals surface area contributed by atoms with Gasteiger partial charge in [-0.1, -0.05) is 18.2 Å². The molecule has 2 aromatic rings. The monoisotopic (exact) mass is 538 g/mol. The molecular formula is C22H26N4O8S2. The third-order valence-electron chi connectivity index (χ3n) is 5.57. The Morgan fingerprint density at radius 3 is 2.42 bits per heavy atom. The third-order valence-corrected chi connectivity index (χ3v) is 7.49. The van der Waals surface area contributed by atoms with E-state index >= 15 is 0 Å². The first-order chi connectivity index (χ1) is 16.8. The molecule has 0 unspecified atom stereocenters. The van der Waals surface area contributed by atoms with E-state index in [1.54, 1.807) is 12.1 Å². The van der Waals surface area contributed by atoms with E-state index in [0.717, 1.165) is 12.5 Å². The van der Waals surface area contributed by atoms with Crippen molar-refractivity contribution in [2.24, 2.45) is 0 Å². The average molecular weight is 539 g/mol. The van der Waals surface area contributed by atoms with E-state index in [4.69, 9.17) is 4.55 Å². The van der Waals surface area contributed by atoms with Gasteiger partial charge in [0.2, 0.25) is 17.7 Å². The molecule has 1 atom stereocenters. The second-order valence-corrected chi connectivity index (χ2v) is 11.1. The Morgan fingerprint density at radius 2 is 1.78 bits per heavy atom. The second kappa shape index (κ2) is 10.6. The first kappa shape index (κ1) is 27.1. The van der Waals surface area contributed by atoms with Crippen LogP contribution in [0.3, 0.4) is 0 Å². The molecule has 12 nitrogen and oxygen atoms in total. The van der Waals surface area contributed by atoms with Gasteiger partial charge in [0.05, 0.1) is 10.6 Å². The molecule has 0 aromatic heterocycles. The van der Waals surface area contributed by atoms with Gasteiger partial charge in [-0.25, -0.2) is 13.1 Å². The summed E-state index contributed by atoms with van der Waals surface area (Å²) < 4.78 is 59.7. The Balaban J connectivity index is 1.80. The highest BCUT2D eigenvalue weighted by Crippen LogP contribution is 2.27. The molecule has 36 heavy (non-hydrogen) atoms. The maximum Gasteiger partial charge on any atom is 0.357 e. The van der Waals surface area contributed by atoms with Crippen molar-refractivity contribution in [1.29, 1.82) is 0 Å². The molecule has 0 saturated heterocycles. The lowest BCUT2D eigenvalue weighted by molar-refractivity contribution is -0.141. The topological polar surface area (TPSA) is 179 Å². The maximum atomic E-state index is 13.2. The van der Waals surface area contributed by atoms with Gasteiger partial charge in [-0.2, -0.15) is 8.42 Å². The van der Waals surface area contributed by atoms with E-state index in [1.807, 2.05) is 9.44 Å². The molecule has 4 N–H and O–H groups in total. The molecule has 1 aliphatic heterocycles. The van der Waals surface area contributed by atoms with Crippen LogP contribution in [-0.4, -0.2) is 57.1 Å². The summed E-state index contributed by atoms with van der Waals surface area (Å²) in [6, 6.07) is 9.62. The van der Waals surface area contributed by atoms with Crippen LogP contribution in [0.1, 0.15) is 30.0 Å². The van der Waals surface area contributed by atoms with Crippen LogP contribution in [0.5, 0.6) is 0 Å². The minimum atomic E-state index is -4.48. The lowest BCUT2D eigenvalue weighted by atomic mass is 9.92. The fourth-order valence-electron chi connectivity index (χ4n) is 3.97. The molecule has 1 aliphatic rings. The first-order valence-electron chi connectivity index (χ1n) is 10.8. The fraction of sp³-hybridized carbons (Fsp3) is 0.318. The lowest BCUT2D eigenvalue weighted by Gasteiger charge is -2.36. The van der Waals surface area contributed by atoms with E-state index < -0.39 is 32.3 Å². The zero-order chi connectivity index (χ0) is 26.7. The van der Waals surface area contributed by atoms with Crippen molar-refractivity contribution in [2.75, 3.05) is 11.8 Å². The average Bonchev–Trinajstić information content (AvgIpc) is 2.79. The molecule has 14 heteroatoms. The standard InChI is InChI=1S/C22H26N4O8S2/c1-14(27)24-35(30,31)19-5-3-4-15(10-19)6-9-21(28)26-13-17-11-18(25-36(32,33)34)8-7-16(17)12-20(26)22(29)23-2/h3-5,7-8,10-11,20,25H,6,9,12-13H2,1-2H3,(H,23,29)(H,24,27)(H,32,33,34)/t20-/m0/s1. The Bertz CT molecular complexity index is 1410. The minimum absolute atomic E-state index is 0.0319. The number of aryl methyl sites for hydroxylation is 1. The number of fused-ring (bicyclic) bond motifs is 1. The number of amides is 3. The smallest absolute Gasteiger partial charge is 0.357 e. The number of carbonyl (C=O) groups excluding carboxylic acids is 3.